The molecule has 1 aliphatic carbocycles. The van der Waals surface area contributed by atoms with Crippen LogP contribution in [0, 0.1) is 10.8 Å². The molecule has 5 rings (SSSR count). The van der Waals surface area contributed by atoms with E-state index >= 15 is 0 Å². The maximum Gasteiger partial charge on any atom is 0.313 e. The Morgan fingerprint density at radius 1 is 1.24 bits per heavy atom. The molecule has 2 aliphatic rings. The van der Waals surface area contributed by atoms with Crippen LogP contribution in [0.5, 0.6) is 5.88 Å². The zero-order chi connectivity index (χ0) is 23.4. The van der Waals surface area contributed by atoms with Gasteiger partial charge in [-0.2, -0.15) is 0 Å². The summed E-state index contributed by atoms with van der Waals surface area (Å²) in [7, 11) is 0. The van der Waals surface area contributed by atoms with E-state index in [4.69, 9.17) is 0 Å². The monoisotopic (exact) mass is 509 g/mol. The molecule has 0 spiro atoms. The first-order valence-corrected chi connectivity index (χ1v) is 12.1. The maximum absolute atomic E-state index is 12.4. The van der Waals surface area contributed by atoms with E-state index < -0.39 is 5.91 Å². The van der Waals surface area contributed by atoms with Crippen LogP contribution < -0.4 is 0 Å². The van der Waals surface area contributed by atoms with E-state index in [0.717, 1.165) is 28.3 Å². The van der Waals surface area contributed by atoms with Gasteiger partial charge in [0, 0.05) is 28.6 Å². The van der Waals surface area contributed by atoms with E-state index in [1.54, 1.807) is 18.2 Å². The normalized spacial score (nSPS) is 24.7. The molecular weight excluding hydrogens is 482 g/mol. The molecule has 3 heterocycles. The molecule has 1 N–H and O–H groups in total. The fourth-order valence-electron chi connectivity index (χ4n) is 6.10. The van der Waals surface area contributed by atoms with Gasteiger partial charge in [-0.1, -0.05) is 42.8 Å². The largest absolute Gasteiger partial charge is 0.493 e. The minimum Gasteiger partial charge on any atom is -0.493 e. The van der Waals surface area contributed by atoms with Gasteiger partial charge < -0.3 is 5.11 Å². The fraction of sp³-hybridized carbons (Fsp3) is 0.440. The molecule has 1 saturated heterocycles. The van der Waals surface area contributed by atoms with Crippen molar-refractivity contribution in [3.05, 3.63) is 52.8 Å². The highest BCUT2D eigenvalue weighted by atomic mass is 79.9. The summed E-state index contributed by atoms with van der Waals surface area (Å²) < 4.78 is 2.75. The van der Waals surface area contributed by atoms with Crippen LogP contribution in [0.3, 0.4) is 0 Å². The first-order chi connectivity index (χ1) is 15.6. The Labute approximate surface area is 201 Å². The van der Waals surface area contributed by atoms with E-state index in [9.17, 15) is 9.90 Å². The van der Waals surface area contributed by atoms with Crippen molar-refractivity contribution < 1.29 is 9.90 Å². The summed E-state index contributed by atoms with van der Waals surface area (Å²) in [5, 5.41) is 20.0. The van der Waals surface area contributed by atoms with Crippen LogP contribution in [0.2, 0.25) is 0 Å². The average molecular weight is 510 g/mol. The molecule has 2 bridgehead atoms. The SMILES string of the molecule is CC1(C)C[C@H]2C[C@@](C)(CN2Cn2c(O)c(N=NC(=O)c3ccccn3)c3cc(Br)ccc32)C1. The highest BCUT2D eigenvalue weighted by molar-refractivity contribution is 9.10. The molecule has 1 amide bonds. The van der Waals surface area contributed by atoms with Crippen molar-refractivity contribution in [1.29, 1.82) is 0 Å². The van der Waals surface area contributed by atoms with Gasteiger partial charge in [-0.15, -0.1) is 10.2 Å². The highest BCUT2D eigenvalue weighted by Crippen LogP contribution is 2.53. The topological polar surface area (TPSA) is 83.1 Å². The smallest absolute Gasteiger partial charge is 0.313 e. The Hall–Kier alpha value is -2.58. The van der Waals surface area contributed by atoms with E-state index in [0.29, 0.717) is 29.2 Å². The first kappa shape index (κ1) is 22.2. The maximum atomic E-state index is 12.4. The number of rotatable bonds is 4. The number of aromatic hydroxyl groups is 1. The van der Waals surface area contributed by atoms with Crippen LogP contribution in [0.1, 0.15) is 50.5 Å². The Balaban J connectivity index is 1.50. The van der Waals surface area contributed by atoms with E-state index in [-0.39, 0.29) is 11.6 Å². The lowest BCUT2D eigenvalue weighted by molar-refractivity contribution is 0.0990. The number of hydrogen-bond donors (Lipinski definition) is 1. The number of pyridine rings is 1. The second kappa shape index (κ2) is 8.02. The standard InChI is InChI=1S/C25H28BrN5O2/c1-24(2)11-17-12-25(3,13-24)14-30(17)15-31-20-8-7-16(26)10-18(20)21(23(31)33)28-29-22(32)19-6-4-5-9-27-19/h4-10,17,33H,11-15H2,1-3H3/t17-,25+/m0/s1. The molecule has 2 fully saturated rings. The van der Waals surface area contributed by atoms with Crippen LogP contribution in [-0.4, -0.2) is 38.1 Å². The van der Waals surface area contributed by atoms with Crippen LogP contribution in [-0.2, 0) is 6.67 Å². The Morgan fingerprint density at radius 2 is 2.06 bits per heavy atom. The van der Waals surface area contributed by atoms with Crippen molar-refractivity contribution in [3.63, 3.8) is 0 Å². The summed E-state index contributed by atoms with van der Waals surface area (Å²) in [4.78, 5) is 18.9. The predicted molar refractivity (Wildman–Crippen MR) is 131 cm³/mol. The lowest BCUT2D eigenvalue weighted by Gasteiger charge is -2.40. The highest BCUT2D eigenvalue weighted by Gasteiger charge is 2.49. The summed E-state index contributed by atoms with van der Waals surface area (Å²) in [6.07, 6.45) is 5.09. The summed E-state index contributed by atoms with van der Waals surface area (Å²) in [6, 6.07) is 11.4. The zero-order valence-electron chi connectivity index (χ0n) is 19.1. The lowest BCUT2D eigenvalue weighted by Crippen LogP contribution is -2.35. The van der Waals surface area contributed by atoms with E-state index in [2.05, 4.69) is 56.8 Å². The summed E-state index contributed by atoms with van der Waals surface area (Å²) in [5.41, 5.74) is 1.99. The molecule has 1 saturated carbocycles. The van der Waals surface area contributed by atoms with E-state index in [1.165, 1.54) is 19.0 Å². The molecule has 172 valence electrons. The molecule has 7 nitrogen and oxygen atoms in total. The molecule has 0 unspecified atom stereocenters. The summed E-state index contributed by atoms with van der Waals surface area (Å²) in [5.74, 6) is -0.527. The van der Waals surface area contributed by atoms with Crippen LogP contribution in [0.15, 0.2) is 57.3 Å². The molecule has 8 heteroatoms. The third-order valence-electron chi connectivity index (χ3n) is 6.94. The second-order valence-electron chi connectivity index (χ2n) is 10.6. The Kier molecular flexibility index (Phi) is 5.40. The Morgan fingerprint density at radius 3 is 2.82 bits per heavy atom. The minimum atomic E-state index is -0.547. The summed E-state index contributed by atoms with van der Waals surface area (Å²) in [6.45, 7) is 8.68. The number of carbonyl (C=O) groups excluding carboxylic acids is 1. The van der Waals surface area contributed by atoms with Crippen molar-refractivity contribution in [1.82, 2.24) is 14.5 Å². The third-order valence-corrected chi connectivity index (χ3v) is 7.44. The van der Waals surface area contributed by atoms with Gasteiger partial charge in [0.05, 0.1) is 12.2 Å². The number of carbonyl (C=O) groups is 1. The van der Waals surface area contributed by atoms with Crippen molar-refractivity contribution in [2.24, 2.45) is 21.1 Å². The molecule has 1 aromatic carbocycles. The predicted octanol–water partition coefficient (Wildman–Crippen LogP) is 6.29. The van der Waals surface area contributed by atoms with Crippen molar-refractivity contribution >= 4 is 38.4 Å². The molecular formula is C25H28BrN5O2. The number of hydrogen-bond acceptors (Lipinski definition) is 5. The zero-order valence-corrected chi connectivity index (χ0v) is 20.7. The van der Waals surface area contributed by atoms with Crippen LogP contribution >= 0.6 is 15.9 Å². The lowest BCUT2D eigenvalue weighted by atomic mass is 9.65. The number of likely N-dealkylation sites (tertiary alicyclic amines) is 1. The van der Waals surface area contributed by atoms with Crippen LogP contribution in [0.25, 0.3) is 10.9 Å². The van der Waals surface area contributed by atoms with Crippen molar-refractivity contribution in [2.45, 2.75) is 52.7 Å². The molecule has 2 atom stereocenters. The molecule has 3 aromatic rings. The van der Waals surface area contributed by atoms with E-state index in [1.807, 2.05) is 22.8 Å². The molecule has 33 heavy (non-hydrogen) atoms. The Bertz CT molecular complexity index is 1250. The number of benzene rings is 1. The van der Waals surface area contributed by atoms with Gasteiger partial charge in [0.2, 0.25) is 5.88 Å². The molecule has 1 aliphatic heterocycles. The average Bonchev–Trinajstić information content (AvgIpc) is 3.15. The van der Waals surface area contributed by atoms with Crippen molar-refractivity contribution in [3.8, 4) is 5.88 Å². The van der Waals surface area contributed by atoms with Gasteiger partial charge in [-0.05, 0) is 60.4 Å². The molecule has 2 aromatic heterocycles. The number of aromatic nitrogens is 2. The van der Waals surface area contributed by atoms with Gasteiger partial charge >= 0.3 is 5.91 Å². The second-order valence-corrected chi connectivity index (χ2v) is 11.5. The van der Waals surface area contributed by atoms with Crippen LogP contribution in [0.4, 0.5) is 5.69 Å². The number of amides is 1. The van der Waals surface area contributed by atoms with Gasteiger partial charge in [0.25, 0.3) is 0 Å². The van der Waals surface area contributed by atoms with Gasteiger partial charge in [-0.3, -0.25) is 19.2 Å². The quantitative estimate of drug-likeness (QED) is 0.419. The number of fused-ring (bicyclic) bond motifs is 3. The summed E-state index contributed by atoms with van der Waals surface area (Å²) >= 11 is 3.51. The minimum absolute atomic E-state index is 0.0199. The van der Waals surface area contributed by atoms with Crippen molar-refractivity contribution in [2.75, 3.05) is 6.54 Å². The number of azo groups is 1. The van der Waals surface area contributed by atoms with Gasteiger partial charge in [0.1, 0.15) is 5.69 Å². The van der Waals surface area contributed by atoms with Gasteiger partial charge in [0.15, 0.2) is 5.69 Å². The van der Waals surface area contributed by atoms with Gasteiger partial charge in [-0.25, -0.2) is 0 Å². The third kappa shape index (κ3) is 4.22. The number of nitrogens with zero attached hydrogens (tertiary/aromatic N) is 5. The number of halogens is 1. The molecule has 0 radical (unpaired) electrons. The first-order valence-electron chi connectivity index (χ1n) is 11.3. The fourth-order valence-corrected chi connectivity index (χ4v) is 6.46.